The molecule has 2 amide bonds. The van der Waals surface area contributed by atoms with Crippen LogP contribution in [0.3, 0.4) is 0 Å². The Balaban J connectivity index is 2.24. The van der Waals surface area contributed by atoms with E-state index >= 15 is 0 Å². The summed E-state index contributed by atoms with van der Waals surface area (Å²) in [4.78, 5) is 24.3. The van der Waals surface area contributed by atoms with Gasteiger partial charge in [-0.15, -0.1) is 0 Å². The van der Waals surface area contributed by atoms with Gasteiger partial charge in [0, 0.05) is 19.6 Å². The van der Waals surface area contributed by atoms with Gasteiger partial charge in [0.15, 0.2) is 0 Å². The van der Waals surface area contributed by atoms with E-state index in [0.29, 0.717) is 18.4 Å². The number of carboxylic acid groups (broad SMARTS) is 1. The van der Waals surface area contributed by atoms with Crippen LogP contribution in [0.2, 0.25) is 0 Å². The van der Waals surface area contributed by atoms with Crippen LogP contribution < -0.4 is 5.32 Å². The van der Waals surface area contributed by atoms with E-state index in [1.807, 2.05) is 4.90 Å². The van der Waals surface area contributed by atoms with Gasteiger partial charge in [0.05, 0.1) is 5.92 Å². The van der Waals surface area contributed by atoms with Crippen molar-refractivity contribution in [1.29, 1.82) is 0 Å². The minimum atomic E-state index is -0.816. The molecule has 1 aliphatic heterocycles. The van der Waals surface area contributed by atoms with Gasteiger partial charge >= 0.3 is 12.0 Å². The zero-order valence-electron chi connectivity index (χ0n) is 11.5. The first-order valence-electron chi connectivity index (χ1n) is 6.57. The van der Waals surface area contributed by atoms with Crippen molar-refractivity contribution in [3.8, 4) is 0 Å². The van der Waals surface area contributed by atoms with E-state index in [1.165, 1.54) is 0 Å². The number of amides is 2. The number of rotatable bonds is 4. The highest BCUT2D eigenvalue weighted by Crippen LogP contribution is 2.29. The van der Waals surface area contributed by atoms with Crippen LogP contribution in [0, 0.1) is 11.3 Å². The third kappa shape index (κ3) is 4.55. The lowest BCUT2D eigenvalue weighted by atomic mass is 9.83. The van der Waals surface area contributed by atoms with Crippen LogP contribution in [0.25, 0.3) is 0 Å². The summed E-state index contributed by atoms with van der Waals surface area (Å²) < 4.78 is 0. The topological polar surface area (TPSA) is 69.6 Å². The summed E-state index contributed by atoms with van der Waals surface area (Å²) in [7, 11) is 0. The highest BCUT2D eigenvalue weighted by molar-refractivity contribution is 5.74. The molecule has 0 aliphatic carbocycles. The lowest BCUT2D eigenvalue weighted by Gasteiger charge is -2.36. The van der Waals surface area contributed by atoms with Crippen LogP contribution in [-0.2, 0) is 4.79 Å². The van der Waals surface area contributed by atoms with Gasteiger partial charge in [-0.1, -0.05) is 20.8 Å². The van der Waals surface area contributed by atoms with Crippen molar-refractivity contribution in [1.82, 2.24) is 10.2 Å². The van der Waals surface area contributed by atoms with Crippen molar-refractivity contribution in [2.45, 2.75) is 40.0 Å². The summed E-state index contributed by atoms with van der Waals surface area (Å²) in [5.74, 6) is -1.23. The molecule has 0 aromatic heterocycles. The minimum absolute atomic E-state index is 0.0666. The maximum absolute atomic E-state index is 11.8. The number of hydrogen-bond acceptors (Lipinski definition) is 2. The number of urea groups is 1. The highest BCUT2D eigenvalue weighted by atomic mass is 16.4. The normalized spacial score (nSPS) is 20.3. The highest BCUT2D eigenvalue weighted by Gasteiger charge is 2.27. The van der Waals surface area contributed by atoms with Crippen molar-refractivity contribution < 1.29 is 14.7 Å². The SMILES string of the molecule is CC(CCNC(=O)N1CCC(C)(C)CC1)C(=O)O. The van der Waals surface area contributed by atoms with Gasteiger partial charge in [0.2, 0.25) is 0 Å². The monoisotopic (exact) mass is 256 g/mol. The van der Waals surface area contributed by atoms with Crippen molar-refractivity contribution in [2.75, 3.05) is 19.6 Å². The third-order valence-electron chi connectivity index (χ3n) is 3.68. The first kappa shape index (κ1) is 14.8. The van der Waals surface area contributed by atoms with Gasteiger partial charge < -0.3 is 15.3 Å². The van der Waals surface area contributed by atoms with E-state index in [4.69, 9.17) is 5.11 Å². The lowest BCUT2D eigenvalue weighted by molar-refractivity contribution is -0.141. The molecule has 104 valence electrons. The number of aliphatic carboxylic acids is 1. The first-order chi connectivity index (χ1) is 8.32. The largest absolute Gasteiger partial charge is 0.481 e. The summed E-state index contributed by atoms with van der Waals surface area (Å²) in [6.07, 6.45) is 2.51. The predicted octanol–water partition coefficient (Wildman–Crippen LogP) is 1.93. The fourth-order valence-corrected chi connectivity index (χ4v) is 1.95. The molecular weight excluding hydrogens is 232 g/mol. The van der Waals surface area contributed by atoms with Crippen molar-refractivity contribution in [3.05, 3.63) is 0 Å². The first-order valence-corrected chi connectivity index (χ1v) is 6.57. The predicted molar refractivity (Wildman–Crippen MR) is 69.4 cm³/mol. The molecule has 5 heteroatoms. The standard InChI is InChI=1S/C13H24N2O3/c1-10(11(16)17)4-7-14-12(18)15-8-5-13(2,3)6-9-15/h10H,4-9H2,1-3H3,(H,14,18)(H,16,17). The van der Waals surface area contributed by atoms with E-state index < -0.39 is 11.9 Å². The molecule has 0 spiro atoms. The molecule has 1 rings (SSSR count). The van der Waals surface area contributed by atoms with E-state index in [9.17, 15) is 9.59 Å². The molecule has 1 atom stereocenters. The molecule has 0 bridgehead atoms. The summed E-state index contributed by atoms with van der Waals surface area (Å²) in [6.45, 7) is 8.08. The van der Waals surface area contributed by atoms with Crippen LogP contribution in [-0.4, -0.2) is 41.6 Å². The molecule has 1 unspecified atom stereocenters. The maximum Gasteiger partial charge on any atom is 0.317 e. The van der Waals surface area contributed by atoms with Crippen LogP contribution >= 0.6 is 0 Å². The van der Waals surface area contributed by atoms with Gasteiger partial charge in [-0.25, -0.2) is 4.79 Å². The molecule has 1 fully saturated rings. The van der Waals surface area contributed by atoms with Crippen molar-refractivity contribution in [3.63, 3.8) is 0 Å². The Hall–Kier alpha value is -1.26. The average Bonchev–Trinajstić information content (AvgIpc) is 2.28. The molecule has 0 aromatic rings. The fourth-order valence-electron chi connectivity index (χ4n) is 1.95. The molecule has 1 saturated heterocycles. The maximum atomic E-state index is 11.8. The number of carboxylic acids is 1. The molecule has 5 nitrogen and oxygen atoms in total. The molecule has 18 heavy (non-hydrogen) atoms. The third-order valence-corrected chi connectivity index (χ3v) is 3.68. The zero-order chi connectivity index (χ0) is 13.8. The number of carbonyl (C=O) groups is 2. The Labute approximate surface area is 109 Å². The Morgan fingerprint density at radius 3 is 2.39 bits per heavy atom. The average molecular weight is 256 g/mol. The van der Waals surface area contributed by atoms with Crippen LogP contribution in [0.1, 0.15) is 40.0 Å². The Morgan fingerprint density at radius 2 is 1.89 bits per heavy atom. The van der Waals surface area contributed by atoms with Crippen molar-refractivity contribution in [2.24, 2.45) is 11.3 Å². The Morgan fingerprint density at radius 1 is 1.33 bits per heavy atom. The Bertz CT molecular complexity index is 305. The van der Waals surface area contributed by atoms with Gasteiger partial charge in [0.1, 0.15) is 0 Å². The smallest absolute Gasteiger partial charge is 0.317 e. The van der Waals surface area contributed by atoms with Crippen LogP contribution in [0.15, 0.2) is 0 Å². The molecule has 1 aliphatic rings. The molecule has 0 saturated carbocycles. The zero-order valence-corrected chi connectivity index (χ0v) is 11.5. The van der Waals surface area contributed by atoms with E-state index in [1.54, 1.807) is 6.92 Å². The van der Waals surface area contributed by atoms with Crippen LogP contribution in [0.4, 0.5) is 4.79 Å². The molecule has 1 heterocycles. The van der Waals surface area contributed by atoms with Gasteiger partial charge in [0.25, 0.3) is 0 Å². The fraction of sp³-hybridized carbons (Fsp3) is 0.846. The van der Waals surface area contributed by atoms with E-state index in [2.05, 4.69) is 19.2 Å². The summed E-state index contributed by atoms with van der Waals surface area (Å²) in [6, 6.07) is -0.0666. The van der Waals surface area contributed by atoms with Gasteiger partial charge in [-0.05, 0) is 24.7 Å². The number of hydrogen-bond donors (Lipinski definition) is 2. The minimum Gasteiger partial charge on any atom is -0.481 e. The molecular formula is C13H24N2O3. The summed E-state index contributed by atoms with van der Waals surface area (Å²) >= 11 is 0. The second-order valence-electron chi connectivity index (χ2n) is 5.91. The second kappa shape index (κ2) is 6.07. The molecule has 2 N–H and O–H groups in total. The summed E-state index contributed by atoms with van der Waals surface area (Å²) in [5, 5.41) is 11.5. The number of likely N-dealkylation sites (tertiary alicyclic amines) is 1. The number of piperidine rings is 1. The van der Waals surface area contributed by atoms with Crippen LogP contribution in [0.5, 0.6) is 0 Å². The quantitative estimate of drug-likeness (QED) is 0.807. The van der Waals surface area contributed by atoms with E-state index in [0.717, 1.165) is 25.9 Å². The lowest BCUT2D eigenvalue weighted by Crippen LogP contribution is -2.46. The number of nitrogens with one attached hydrogen (secondary N) is 1. The van der Waals surface area contributed by atoms with Gasteiger partial charge in [-0.2, -0.15) is 0 Å². The van der Waals surface area contributed by atoms with E-state index in [-0.39, 0.29) is 6.03 Å². The Kier molecular flexibility index (Phi) is 4.99. The van der Waals surface area contributed by atoms with Gasteiger partial charge in [-0.3, -0.25) is 4.79 Å². The number of nitrogens with zero attached hydrogens (tertiary/aromatic N) is 1. The molecule has 0 radical (unpaired) electrons. The molecule has 0 aromatic carbocycles. The number of carbonyl (C=O) groups excluding carboxylic acids is 1. The summed E-state index contributed by atoms with van der Waals surface area (Å²) in [5.41, 5.74) is 0.328. The van der Waals surface area contributed by atoms with Crippen molar-refractivity contribution >= 4 is 12.0 Å². The second-order valence-corrected chi connectivity index (χ2v) is 5.91.